The van der Waals surface area contributed by atoms with Crippen LogP contribution < -0.4 is 10.6 Å². The normalized spacial score (nSPS) is 17.9. The summed E-state index contributed by atoms with van der Waals surface area (Å²) in [6.45, 7) is 8.64. The van der Waals surface area contributed by atoms with Crippen LogP contribution in [0.1, 0.15) is 37.6 Å². The molecule has 1 unspecified atom stereocenters. The van der Waals surface area contributed by atoms with Gasteiger partial charge in [-0.25, -0.2) is 4.99 Å². The molecule has 0 saturated carbocycles. The lowest BCUT2D eigenvalue weighted by molar-refractivity contribution is 0.0168. The Morgan fingerprint density at radius 1 is 1.42 bits per heavy atom. The zero-order valence-corrected chi connectivity index (χ0v) is 14.9. The third-order valence-corrected chi connectivity index (χ3v) is 3.78. The van der Waals surface area contributed by atoms with E-state index in [0.29, 0.717) is 19.3 Å². The molecule has 24 heavy (non-hydrogen) atoms. The molecule has 1 fully saturated rings. The molecule has 1 saturated heterocycles. The van der Waals surface area contributed by atoms with Crippen LogP contribution in [-0.4, -0.2) is 50.0 Å². The van der Waals surface area contributed by atoms with E-state index in [1.807, 2.05) is 25.1 Å². The Hall–Kier alpha value is -1.66. The molecule has 6 nitrogen and oxygen atoms in total. The molecular formula is C18H30N4O2. The number of pyridine rings is 1. The molecule has 1 aliphatic rings. The molecule has 6 heteroatoms. The first-order valence-corrected chi connectivity index (χ1v) is 8.92. The molecule has 0 aliphatic carbocycles. The smallest absolute Gasteiger partial charge is 0.191 e. The Morgan fingerprint density at radius 2 is 2.33 bits per heavy atom. The van der Waals surface area contributed by atoms with Crippen molar-refractivity contribution in [1.82, 2.24) is 15.6 Å². The van der Waals surface area contributed by atoms with E-state index in [2.05, 4.69) is 27.5 Å². The molecule has 0 aromatic carbocycles. The minimum absolute atomic E-state index is 0.304. The van der Waals surface area contributed by atoms with Gasteiger partial charge in [-0.15, -0.1) is 0 Å². The first-order chi connectivity index (χ1) is 11.8. The summed E-state index contributed by atoms with van der Waals surface area (Å²) in [7, 11) is 0. The predicted molar refractivity (Wildman–Crippen MR) is 96.2 cm³/mol. The number of hydrogen-bond donors (Lipinski definition) is 2. The van der Waals surface area contributed by atoms with Gasteiger partial charge in [-0.3, -0.25) is 4.98 Å². The summed E-state index contributed by atoms with van der Waals surface area (Å²) in [4.78, 5) is 9.05. The van der Waals surface area contributed by atoms with Gasteiger partial charge >= 0.3 is 0 Å². The average Bonchev–Trinajstić information content (AvgIpc) is 3.09. The van der Waals surface area contributed by atoms with Gasteiger partial charge in [0, 0.05) is 32.0 Å². The fourth-order valence-electron chi connectivity index (χ4n) is 2.56. The van der Waals surface area contributed by atoms with E-state index in [1.54, 1.807) is 0 Å². The van der Waals surface area contributed by atoms with Crippen molar-refractivity contribution in [1.29, 1.82) is 0 Å². The predicted octanol–water partition coefficient (Wildman–Crippen LogP) is 2.03. The maximum Gasteiger partial charge on any atom is 0.191 e. The molecule has 1 aliphatic heterocycles. The highest BCUT2D eigenvalue weighted by atomic mass is 16.5. The fourth-order valence-corrected chi connectivity index (χ4v) is 2.56. The zero-order chi connectivity index (χ0) is 17.0. The minimum Gasteiger partial charge on any atom is -0.379 e. The van der Waals surface area contributed by atoms with Crippen molar-refractivity contribution in [3.63, 3.8) is 0 Å². The lowest BCUT2D eigenvalue weighted by Gasteiger charge is -2.12. The van der Waals surface area contributed by atoms with Crippen molar-refractivity contribution >= 4 is 5.96 Å². The van der Waals surface area contributed by atoms with Gasteiger partial charge in [0.25, 0.3) is 0 Å². The molecule has 2 heterocycles. The van der Waals surface area contributed by atoms with Crippen molar-refractivity contribution in [2.45, 2.75) is 45.8 Å². The van der Waals surface area contributed by atoms with Crippen molar-refractivity contribution in [2.75, 3.05) is 32.9 Å². The van der Waals surface area contributed by atoms with Crippen LogP contribution in [0.15, 0.2) is 23.2 Å². The van der Waals surface area contributed by atoms with E-state index in [-0.39, 0.29) is 0 Å². The third-order valence-electron chi connectivity index (χ3n) is 3.78. The topological polar surface area (TPSA) is 67.8 Å². The van der Waals surface area contributed by atoms with E-state index in [1.165, 1.54) is 0 Å². The first kappa shape index (κ1) is 18.7. The number of nitrogens with one attached hydrogen (secondary N) is 2. The van der Waals surface area contributed by atoms with Crippen molar-refractivity contribution in [3.8, 4) is 0 Å². The van der Waals surface area contributed by atoms with Crippen LogP contribution in [0, 0.1) is 6.92 Å². The zero-order valence-electron chi connectivity index (χ0n) is 14.9. The van der Waals surface area contributed by atoms with Gasteiger partial charge in [0.2, 0.25) is 0 Å². The summed E-state index contributed by atoms with van der Waals surface area (Å²) in [5.74, 6) is 0.819. The Bertz CT molecular complexity index is 502. The number of nitrogens with zero attached hydrogens (tertiary/aromatic N) is 2. The third kappa shape index (κ3) is 7.27. The lowest BCUT2D eigenvalue weighted by Crippen LogP contribution is -2.38. The van der Waals surface area contributed by atoms with Gasteiger partial charge in [0.15, 0.2) is 5.96 Å². The molecule has 1 aromatic rings. The van der Waals surface area contributed by atoms with Crippen LogP contribution in [-0.2, 0) is 16.0 Å². The van der Waals surface area contributed by atoms with E-state index < -0.39 is 0 Å². The molecule has 1 aromatic heterocycles. The molecule has 0 bridgehead atoms. The summed E-state index contributed by atoms with van der Waals surface area (Å²) >= 11 is 0. The number of rotatable bonds is 9. The summed E-state index contributed by atoms with van der Waals surface area (Å²) in [5, 5.41) is 6.59. The SMILES string of the molecule is CCNC(=NCc1cccc(C)n1)NCCCOCC1CCCO1. The lowest BCUT2D eigenvalue weighted by atomic mass is 10.2. The second-order valence-electron chi connectivity index (χ2n) is 5.96. The molecular weight excluding hydrogens is 304 g/mol. The molecule has 2 rings (SSSR count). The van der Waals surface area contributed by atoms with Crippen molar-refractivity contribution < 1.29 is 9.47 Å². The summed E-state index contributed by atoms with van der Waals surface area (Å²) < 4.78 is 11.2. The standard InChI is InChI=1S/C18H30N4O2/c1-3-19-18(21-13-16-8-4-7-15(2)22-16)20-10-6-11-23-14-17-9-5-12-24-17/h4,7-8,17H,3,5-6,9-14H2,1-2H3,(H2,19,20,21). The highest BCUT2D eigenvalue weighted by Gasteiger charge is 2.14. The number of aliphatic imine (C=N–C) groups is 1. The van der Waals surface area contributed by atoms with Crippen LogP contribution in [0.25, 0.3) is 0 Å². The molecule has 1 atom stereocenters. The van der Waals surface area contributed by atoms with Crippen LogP contribution >= 0.6 is 0 Å². The van der Waals surface area contributed by atoms with Gasteiger partial charge in [-0.2, -0.15) is 0 Å². The average molecular weight is 334 g/mol. The first-order valence-electron chi connectivity index (χ1n) is 8.92. The van der Waals surface area contributed by atoms with Gasteiger partial charge in [0.05, 0.1) is 24.9 Å². The quantitative estimate of drug-likeness (QED) is 0.411. The molecule has 134 valence electrons. The Balaban J connectivity index is 1.63. The Kier molecular flexibility index (Phi) is 8.55. The van der Waals surface area contributed by atoms with E-state index in [0.717, 1.165) is 62.9 Å². The Morgan fingerprint density at radius 3 is 3.08 bits per heavy atom. The Labute approximate surface area is 145 Å². The van der Waals surface area contributed by atoms with Crippen LogP contribution in [0.4, 0.5) is 0 Å². The monoisotopic (exact) mass is 334 g/mol. The number of hydrogen-bond acceptors (Lipinski definition) is 4. The van der Waals surface area contributed by atoms with Crippen LogP contribution in [0.3, 0.4) is 0 Å². The molecule has 0 amide bonds. The van der Waals surface area contributed by atoms with Crippen molar-refractivity contribution in [3.05, 3.63) is 29.6 Å². The second-order valence-corrected chi connectivity index (χ2v) is 5.96. The highest BCUT2D eigenvalue weighted by Crippen LogP contribution is 2.11. The largest absolute Gasteiger partial charge is 0.379 e. The number of aromatic nitrogens is 1. The highest BCUT2D eigenvalue weighted by molar-refractivity contribution is 5.79. The van der Waals surface area contributed by atoms with Gasteiger partial charge in [0.1, 0.15) is 0 Å². The van der Waals surface area contributed by atoms with Crippen LogP contribution in [0.2, 0.25) is 0 Å². The van der Waals surface area contributed by atoms with Gasteiger partial charge in [-0.1, -0.05) is 6.07 Å². The molecule has 2 N–H and O–H groups in total. The summed E-state index contributed by atoms with van der Waals surface area (Å²) in [5.41, 5.74) is 2.00. The van der Waals surface area contributed by atoms with Gasteiger partial charge < -0.3 is 20.1 Å². The number of ether oxygens (including phenoxy) is 2. The van der Waals surface area contributed by atoms with E-state index in [9.17, 15) is 0 Å². The minimum atomic E-state index is 0.304. The number of aryl methyl sites for hydroxylation is 1. The fraction of sp³-hybridized carbons (Fsp3) is 0.667. The number of guanidine groups is 1. The molecule has 0 spiro atoms. The van der Waals surface area contributed by atoms with Crippen LogP contribution in [0.5, 0.6) is 0 Å². The van der Waals surface area contributed by atoms with E-state index in [4.69, 9.17) is 9.47 Å². The summed E-state index contributed by atoms with van der Waals surface area (Å²) in [6.07, 6.45) is 3.54. The van der Waals surface area contributed by atoms with E-state index >= 15 is 0 Å². The maximum absolute atomic E-state index is 5.67. The van der Waals surface area contributed by atoms with Gasteiger partial charge in [-0.05, 0) is 45.2 Å². The maximum atomic E-state index is 5.67. The molecule has 0 radical (unpaired) electrons. The van der Waals surface area contributed by atoms with Crippen molar-refractivity contribution in [2.24, 2.45) is 4.99 Å². The summed E-state index contributed by atoms with van der Waals surface area (Å²) in [6, 6.07) is 6.01. The second kappa shape index (κ2) is 11.0.